The van der Waals surface area contributed by atoms with Gasteiger partial charge >= 0.3 is 11.7 Å². The summed E-state index contributed by atoms with van der Waals surface area (Å²) in [5, 5.41) is 20.0. The van der Waals surface area contributed by atoms with Crippen LogP contribution in [0.1, 0.15) is 12.2 Å². The third kappa shape index (κ3) is 3.25. The molecular formula is C13H13FN6O3. The number of aryl methyl sites for hydroxylation is 1. The van der Waals surface area contributed by atoms with E-state index in [0.717, 1.165) is 24.4 Å². The molecule has 2 aromatic rings. The molecule has 1 unspecified atom stereocenters. The Bertz CT molecular complexity index is 762. The Hall–Kier alpha value is -3.04. The largest absolute Gasteiger partial charge is 0.333 e. The third-order valence-corrected chi connectivity index (χ3v) is 3.54. The highest BCUT2D eigenvalue weighted by molar-refractivity contribution is 5.89. The molecule has 9 nitrogen and oxygen atoms in total. The van der Waals surface area contributed by atoms with Crippen LogP contribution in [0.5, 0.6) is 0 Å². The molecule has 0 bridgehead atoms. The van der Waals surface area contributed by atoms with E-state index in [2.05, 4.69) is 20.7 Å². The molecule has 120 valence electrons. The van der Waals surface area contributed by atoms with Gasteiger partial charge in [-0.05, 0) is 18.6 Å². The highest BCUT2D eigenvalue weighted by Crippen LogP contribution is 2.21. The number of nitro benzene ring substituents is 1. The molecule has 0 radical (unpaired) electrons. The van der Waals surface area contributed by atoms with E-state index in [1.807, 2.05) is 0 Å². The van der Waals surface area contributed by atoms with Crippen LogP contribution in [0.2, 0.25) is 0 Å². The predicted molar refractivity (Wildman–Crippen MR) is 77.3 cm³/mol. The zero-order valence-electron chi connectivity index (χ0n) is 11.9. The highest BCUT2D eigenvalue weighted by atomic mass is 19.1. The van der Waals surface area contributed by atoms with Crippen LogP contribution >= 0.6 is 0 Å². The second-order valence-electron chi connectivity index (χ2n) is 5.12. The third-order valence-electron chi connectivity index (χ3n) is 3.54. The fourth-order valence-corrected chi connectivity index (χ4v) is 2.44. The molecule has 2 amide bonds. The van der Waals surface area contributed by atoms with Crippen molar-refractivity contribution in [1.82, 2.24) is 20.1 Å². The summed E-state index contributed by atoms with van der Waals surface area (Å²) < 4.78 is 15.0. The molecule has 1 aromatic carbocycles. The molecular weight excluding hydrogens is 307 g/mol. The number of halogens is 1. The Morgan fingerprint density at radius 1 is 1.48 bits per heavy atom. The molecule has 1 atom stereocenters. The number of urea groups is 1. The molecule has 1 aliphatic heterocycles. The van der Waals surface area contributed by atoms with Crippen LogP contribution in [-0.2, 0) is 13.0 Å². The van der Waals surface area contributed by atoms with Gasteiger partial charge in [0.2, 0.25) is 5.82 Å². The van der Waals surface area contributed by atoms with E-state index in [9.17, 15) is 19.3 Å². The summed E-state index contributed by atoms with van der Waals surface area (Å²) in [5.74, 6) is -0.0791. The summed E-state index contributed by atoms with van der Waals surface area (Å²) in [7, 11) is 0. The first-order chi connectivity index (χ1) is 11.0. The van der Waals surface area contributed by atoms with Gasteiger partial charge in [0.1, 0.15) is 12.2 Å². The van der Waals surface area contributed by atoms with Crippen molar-refractivity contribution in [3.05, 3.63) is 46.3 Å². The van der Waals surface area contributed by atoms with Crippen molar-refractivity contribution in [1.29, 1.82) is 0 Å². The number of hydrogen-bond donors (Lipinski definition) is 2. The van der Waals surface area contributed by atoms with Crippen LogP contribution in [-0.4, -0.2) is 31.8 Å². The predicted octanol–water partition coefficient (Wildman–Crippen LogP) is 1.46. The normalized spacial score (nSPS) is 16.5. The standard InChI is InChI=1S/C13H13FN6O3/c14-10-3-1-8(5-11(10)20(22)23)17-13(21)18-9-2-4-12-15-7-16-19(12)6-9/h1,3,5,7,9H,2,4,6H2,(H2,17,18,21). The van der Waals surface area contributed by atoms with Crippen LogP contribution in [0.15, 0.2) is 24.5 Å². The summed E-state index contributed by atoms with van der Waals surface area (Å²) in [6.07, 6.45) is 2.89. The number of nitrogens with one attached hydrogen (secondary N) is 2. The van der Waals surface area contributed by atoms with Gasteiger partial charge in [-0.15, -0.1) is 0 Å². The smallest absolute Gasteiger partial charge is 0.319 e. The molecule has 1 aliphatic rings. The van der Waals surface area contributed by atoms with E-state index >= 15 is 0 Å². The van der Waals surface area contributed by atoms with Gasteiger partial charge in [-0.1, -0.05) is 0 Å². The van der Waals surface area contributed by atoms with Crippen LogP contribution in [0.4, 0.5) is 20.6 Å². The molecule has 0 saturated heterocycles. The van der Waals surface area contributed by atoms with E-state index < -0.39 is 22.5 Å². The minimum absolute atomic E-state index is 0.125. The van der Waals surface area contributed by atoms with E-state index in [1.165, 1.54) is 12.4 Å². The zero-order chi connectivity index (χ0) is 16.4. The maximum atomic E-state index is 13.3. The Labute approximate surface area is 129 Å². The van der Waals surface area contributed by atoms with Gasteiger partial charge in [-0.3, -0.25) is 10.1 Å². The topological polar surface area (TPSA) is 115 Å². The summed E-state index contributed by atoms with van der Waals surface area (Å²) in [6.45, 7) is 0.506. The molecule has 2 heterocycles. The summed E-state index contributed by atoms with van der Waals surface area (Å²) in [5.41, 5.74) is -0.541. The summed E-state index contributed by atoms with van der Waals surface area (Å²) in [6, 6.07) is 2.54. The molecule has 0 spiro atoms. The molecule has 3 rings (SSSR count). The van der Waals surface area contributed by atoms with E-state index in [4.69, 9.17) is 0 Å². The summed E-state index contributed by atoms with van der Waals surface area (Å²) in [4.78, 5) is 25.9. The van der Waals surface area contributed by atoms with Gasteiger partial charge in [0.15, 0.2) is 0 Å². The minimum atomic E-state index is -0.952. The number of rotatable bonds is 3. The first-order valence-corrected chi connectivity index (χ1v) is 6.91. The average molecular weight is 320 g/mol. The number of nitrogens with zero attached hydrogens (tertiary/aromatic N) is 4. The van der Waals surface area contributed by atoms with Gasteiger partial charge in [0, 0.05) is 18.2 Å². The average Bonchev–Trinajstić information content (AvgIpc) is 2.96. The number of carbonyl (C=O) groups is 1. The van der Waals surface area contributed by atoms with Gasteiger partial charge in [0.25, 0.3) is 0 Å². The van der Waals surface area contributed by atoms with Gasteiger partial charge in [0.05, 0.1) is 17.5 Å². The highest BCUT2D eigenvalue weighted by Gasteiger charge is 2.22. The fraction of sp³-hybridized carbons (Fsp3) is 0.308. The minimum Gasteiger partial charge on any atom is -0.333 e. The number of aromatic nitrogens is 3. The SMILES string of the molecule is O=C(Nc1ccc(F)c([N+](=O)[O-])c1)NC1CCc2ncnn2C1. The van der Waals surface area contributed by atoms with Crippen molar-refractivity contribution < 1.29 is 14.1 Å². The van der Waals surface area contributed by atoms with Crippen LogP contribution in [0.3, 0.4) is 0 Å². The summed E-state index contributed by atoms with van der Waals surface area (Å²) >= 11 is 0. The Morgan fingerprint density at radius 3 is 3.09 bits per heavy atom. The molecule has 0 saturated carbocycles. The number of anilines is 1. The number of nitro groups is 1. The molecule has 10 heteroatoms. The lowest BCUT2D eigenvalue weighted by molar-refractivity contribution is -0.387. The maximum Gasteiger partial charge on any atom is 0.319 e. The fourth-order valence-electron chi connectivity index (χ4n) is 2.44. The number of hydrogen-bond acceptors (Lipinski definition) is 5. The number of amides is 2. The van der Waals surface area contributed by atoms with Crippen molar-refractivity contribution >= 4 is 17.4 Å². The van der Waals surface area contributed by atoms with Crippen LogP contribution in [0, 0.1) is 15.9 Å². The maximum absolute atomic E-state index is 13.3. The van der Waals surface area contributed by atoms with E-state index in [1.54, 1.807) is 4.68 Å². The van der Waals surface area contributed by atoms with E-state index in [0.29, 0.717) is 13.0 Å². The van der Waals surface area contributed by atoms with E-state index in [-0.39, 0.29) is 11.7 Å². The van der Waals surface area contributed by atoms with Gasteiger partial charge < -0.3 is 10.6 Å². The van der Waals surface area contributed by atoms with Crippen molar-refractivity contribution in [3.8, 4) is 0 Å². The van der Waals surface area contributed by atoms with Gasteiger partial charge in [-0.2, -0.15) is 9.49 Å². The Balaban J connectivity index is 1.62. The molecule has 23 heavy (non-hydrogen) atoms. The van der Waals surface area contributed by atoms with Crippen LogP contribution in [0.25, 0.3) is 0 Å². The Morgan fingerprint density at radius 2 is 2.30 bits per heavy atom. The first kappa shape index (κ1) is 14.9. The molecule has 0 fully saturated rings. The first-order valence-electron chi connectivity index (χ1n) is 6.91. The van der Waals surface area contributed by atoms with Crippen molar-refractivity contribution in [2.24, 2.45) is 0 Å². The lowest BCUT2D eigenvalue weighted by atomic mass is 10.1. The molecule has 0 aliphatic carbocycles. The second-order valence-corrected chi connectivity index (χ2v) is 5.12. The quantitative estimate of drug-likeness (QED) is 0.656. The lowest BCUT2D eigenvalue weighted by Gasteiger charge is -2.23. The Kier molecular flexibility index (Phi) is 3.87. The van der Waals surface area contributed by atoms with Crippen LogP contribution < -0.4 is 10.6 Å². The zero-order valence-corrected chi connectivity index (χ0v) is 11.9. The van der Waals surface area contributed by atoms with Gasteiger partial charge in [-0.25, -0.2) is 14.5 Å². The van der Waals surface area contributed by atoms with Crippen molar-refractivity contribution in [3.63, 3.8) is 0 Å². The number of carbonyl (C=O) groups excluding carboxylic acids is 1. The number of fused-ring (bicyclic) bond motifs is 1. The molecule has 1 aromatic heterocycles. The molecule has 2 N–H and O–H groups in total. The monoisotopic (exact) mass is 320 g/mol. The van der Waals surface area contributed by atoms with Crippen molar-refractivity contribution in [2.45, 2.75) is 25.4 Å². The number of benzene rings is 1. The second kappa shape index (κ2) is 5.99. The lowest BCUT2D eigenvalue weighted by Crippen LogP contribution is -2.43. The van der Waals surface area contributed by atoms with Crippen molar-refractivity contribution in [2.75, 3.05) is 5.32 Å².